The standard InChI is InChI=1S/C20H23F2N3O/c21-18-4-1-5-19(22)17(18)13-25-10-2-3-16(12-25)24-20(26)11-14-6-8-15(23)9-7-14/h1,4-9,16H,2-3,10-13,23H2,(H,24,26). The van der Waals surface area contributed by atoms with Gasteiger partial charge in [-0.2, -0.15) is 0 Å². The van der Waals surface area contributed by atoms with Crippen molar-refractivity contribution in [3.63, 3.8) is 0 Å². The summed E-state index contributed by atoms with van der Waals surface area (Å²) in [6.45, 7) is 1.56. The molecule has 1 heterocycles. The van der Waals surface area contributed by atoms with Crippen LogP contribution in [0, 0.1) is 11.6 Å². The highest BCUT2D eigenvalue weighted by molar-refractivity contribution is 5.79. The van der Waals surface area contributed by atoms with Gasteiger partial charge >= 0.3 is 0 Å². The lowest BCUT2D eigenvalue weighted by atomic mass is 10.0. The molecule has 2 aromatic rings. The number of nitrogens with one attached hydrogen (secondary N) is 1. The smallest absolute Gasteiger partial charge is 0.224 e. The summed E-state index contributed by atoms with van der Waals surface area (Å²) in [7, 11) is 0. The second kappa shape index (κ2) is 8.27. The molecule has 3 N–H and O–H groups in total. The molecule has 26 heavy (non-hydrogen) atoms. The largest absolute Gasteiger partial charge is 0.399 e. The van der Waals surface area contributed by atoms with Crippen molar-refractivity contribution in [2.45, 2.75) is 31.8 Å². The van der Waals surface area contributed by atoms with Crippen molar-refractivity contribution in [2.24, 2.45) is 0 Å². The molecule has 4 nitrogen and oxygen atoms in total. The van der Waals surface area contributed by atoms with Gasteiger partial charge in [-0.1, -0.05) is 18.2 Å². The van der Waals surface area contributed by atoms with Crippen molar-refractivity contribution in [3.05, 3.63) is 65.2 Å². The summed E-state index contributed by atoms with van der Waals surface area (Å²) >= 11 is 0. The number of nitrogen functional groups attached to an aromatic ring is 1. The Hall–Kier alpha value is -2.47. The Bertz CT molecular complexity index is 744. The van der Waals surface area contributed by atoms with E-state index in [-0.39, 0.29) is 24.1 Å². The molecule has 0 aliphatic carbocycles. The number of hydrogen-bond acceptors (Lipinski definition) is 3. The number of rotatable bonds is 5. The number of nitrogens with zero attached hydrogens (tertiary/aromatic N) is 1. The fourth-order valence-electron chi connectivity index (χ4n) is 3.32. The van der Waals surface area contributed by atoms with Gasteiger partial charge in [0, 0.05) is 30.4 Å². The van der Waals surface area contributed by atoms with Crippen molar-refractivity contribution >= 4 is 11.6 Å². The maximum Gasteiger partial charge on any atom is 0.224 e. The minimum absolute atomic E-state index is 0.0140. The highest BCUT2D eigenvalue weighted by Gasteiger charge is 2.23. The van der Waals surface area contributed by atoms with Gasteiger partial charge in [-0.25, -0.2) is 8.78 Å². The molecule has 0 bridgehead atoms. The molecule has 0 radical (unpaired) electrons. The van der Waals surface area contributed by atoms with Crippen LogP contribution in [-0.2, 0) is 17.8 Å². The molecular weight excluding hydrogens is 336 g/mol. The van der Waals surface area contributed by atoms with Gasteiger partial charge in [0.1, 0.15) is 11.6 Å². The molecule has 0 saturated carbocycles. The predicted octanol–water partition coefficient (Wildman–Crippen LogP) is 2.87. The van der Waals surface area contributed by atoms with Gasteiger partial charge in [-0.15, -0.1) is 0 Å². The van der Waals surface area contributed by atoms with Gasteiger partial charge in [0.2, 0.25) is 5.91 Å². The maximum atomic E-state index is 13.8. The minimum Gasteiger partial charge on any atom is -0.399 e. The molecule has 3 rings (SSSR count). The van der Waals surface area contributed by atoms with Crippen LogP contribution in [0.5, 0.6) is 0 Å². The number of likely N-dealkylation sites (tertiary alicyclic amines) is 1. The number of halogens is 2. The van der Waals surface area contributed by atoms with Crippen LogP contribution in [0.4, 0.5) is 14.5 Å². The molecule has 6 heteroatoms. The Kier molecular flexibility index (Phi) is 5.83. The van der Waals surface area contributed by atoms with Crippen LogP contribution in [0.15, 0.2) is 42.5 Å². The lowest BCUT2D eigenvalue weighted by molar-refractivity contribution is -0.121. The molecule has 1 aliphatic rings. The minimum atomic E-state index is -0.528. The molecule has 138 valence electrons. The van der Waals surface area contributed by atoms with E-state index in [1.165, 1.54) is 18.2 Å². The summed E-state index contributed by atoms with van der Waals surface area (Å²) < 4.78 is 27.7. The lowest BCUT2D eigenvalue weighted by Gasteiger charge is -2.33. The van der Waals surface area contributed by atoms with Gasteiger partial charge in [-0.05, 0) is 49.2 Å². The van der Waals surface area contributed by atoms with Crippen molar-refractivity contribution in [3.8, 4) is 0 Å². The quantitative estimate of drug-likeness (QED) is 0.807. The van der Waals surface area contributed by atoms with Crippen LogP contribution in [0.1, 0.15) is 24.0 Å². The van der Waals surface area contributed by atoms with E-state index in [4.69, 9.17) is 5.73 Å². The third kappa shape index (κ3) is 4.79. The van der Waals surface area contributed by atoms with E-state index in [2.05, 4.69) is 5.32 Å². The fraction of sp³-hybridized carbons (Fsp3) is 0.350. The van der Waals surface area contributed by atoms with Crippen molar-refractivity contribution < 1.29 is 13.6 Å². The van der Waals surface area contributed by atoms with Crippen LogP contribution in [-0.4, -0.2) is 29.9 Å². The normalized spacial score (nSPS) is 17.8. The van der Waals surface area contributed by atoms with Gasteiger partial charge in [-0.3, -0.25) is 9.69 Å². The number of carbonyl (C=O) groups is 1. The topological polar surface area (TPSA) is 58.4 Å². The van der Waals surface area contributed by atoms with Gasteiger partial charge in [0.25, 0.3) is 0 Å². The first-order valence-corrected chi connectivity index (χ1v) is 8.80. The monoisotopic (exact) mass is 359 g/mol. The van der Waals surface area contributed by atoms with Crippen LogP contribution >= 0.6 is 0 Å². The van der Waals surface area contributed by atoms with Crippen molar-refractivity contribution in [2.75, 3.05) is 18.8 Å². The van der Waals surface area contributed by atoms with Crippen LogP contribution in [0.3, 0.4) is 0 Å². The Morgan fingerprint density at radius 1 is 1.15 bits per heavy atom. The first-order chi connectivity index (χ1) is 12.5. The summed E-state index contributed by atoms with van der Waals surface area (Å²) in [6, 6.07) is 11.1. The number of amides is 1. The maximum absolute atomic E-state index is 13.8. The van der Waals surface area contributed by atoms with E-state index in [0.717, 1.165) is 24.9 Å². The van der Waals surface area contributed by atoms with Crippen molar-refractivity contribution in [1.82, 2.24) is 10.2 Å². The zero-order valence-corrected chi connectivity index (χ0v) is 14.6. The van der Waals surface area contributed by atoms with E-state index < -0.39 is 11.6 Å². The molecule has 1 saturated heterocycles. The first kappa shape index (κ1) is 18.3. The summed E-state index contributed by atoms with van der Waals surface area (Å²) in [6.07, 6.45) is 2.03. The number of benzene rings is 2. The van der Waals surface area contributed by atoms with Crippen LogP contribution in [0.2, 0.25) is 0 Å². The zero-order valence-electron chi connectivity index (χ0n) is 14.6. The molecule has 1 atom stereocenters. The van der Waals surface area contributed by atoms with Gasteiger partial charge in [0.15, 0.2) is 0 Å². The molecule has 0 spiro atoms. The number of anilines is 1. The summed E-state index contributed by atoms with van der Waals surface area (Å²) in [5.41, 5.74) is 7.30. The van der Waals surface area contributed by atoms with Crippen LogP contribution in [0.25, 0.3) is 0 Å². The SMILES string of the molecule is Nc1ccc(CC(=O)NC2CCCN(Cc3c(F)cccc3F)C2)cc1. The Labute approximate surface area is 152 Å². The second-order valence-corrected chi connectivity index (χ2v) is 6.76. The first-order valence-electron chi connectivity index (χ1n) is 8.80. The fourth-order valence-corrected chi connectivity index (χ4v) is 3.32. The predicted molar refractivity (Wildman–Crippen MR) is 97.4 cm³/mol. The Balaban J connectivity index is 1.54. The number of piperidine rings is 1. The van der Waals surface area contributed by atoms with Crippen LogP contribution < -0.4 is 11.1 Å². The Morgan fingerprint density at radius 2 is 1.85 bits per heavy atom. The number of hydrogen-bond donors (Lipinski definition) is 2. The number of carbonyl (C=O) groups excluding carboxylic acids is 1. The van der Waals surface area contributed by atoms with Gasteiger partial charge < -0.3 is 11.1 Å². The highest BCUT2D eigenvalue weighted by atomic mass is 19.1. The van der Waals surface area contributed by atoms with E-state index in [1.807, 2.05) is 17.0 Å². The molecular formula is C20H23F2N3O. The molecule has 0 aromatic heterocycles. The lowest BCUT2D eigenvalue weighted by Crippen LogP contribution is -2.47. The average Bonchev–Trinajstić information content (AvgIpc) is 2.61. The van der Waals surface area contributed by atoms with Gasteiger partial charge in [0.05, 0.1) is 6.42 Å². The molecule has 1 aliphatic heterocycles. The third-order valence-electron chi connectivity index (χ3n) is 4.66. The van der Waals surface area contributed by atoms with E-state index in [0.29, 0.717) is 18.7 Å². The van der Waals surface area contributed by atoms with E-state index >= 15 is 0 Å². The molecule has 1 amide bonds. The summed E-state index contributed by atoms with van der Waals surface area (Å²) in [4.78, 5) is 14.2. The zero-order chi connectivity index (χ0) is 18.5. The number of nitrogens with two attached hydrogens (primary N) is 1. The van der Waals surface area contributed by atoms with E-state index in [1.54, 1.807) is 12.1 Å². The molecule has 2 aromatic carbocycles. The highest BCUT2D eigenvalue weighted by Crippen LogP contribution is 2.18. The summed E-state index contributed by atoms with van der Waals surface area (Å²) in [5, 5.41) is 3.03. The summed E-state index contributed by atoms with van der Waals surface area (Å²) in [5.74, 6) is -1.11. The Morgan fingerprint density at radius 3 is 2.54 bits per heavy atom. The molecule has 1 fully saturated rings. The van der Waals surface area contributed by atoms with E-state index in [9.17, 15) is 13.6 Å². The molecule has 1 unspecified atom stereocenters. The van der Waals surface area contributed by atoms with Crippen molar-refractivity contribution in [1.29, 1.82) is 0 Å². The second-order valence-electron chi connectivity index (χ2n) is 6.76. The third-order valence-corrected chi connectivity index (χ3v) is 4.66. The average molecular weight is 359 g/mol.